The van der Waals surface area contributed by atoms with Crippen molar-refractivity contribution in [3.05, 3.63) is 29.8 Å². The van der Waals surface area contributed by atoms with Gasteiger partial charge in [-0.2, -0.15) is 0 Å². The first-order valence-electron chi connectivity index (χ1n) is 5.93. The third-order valence-corrected chi connectivity index (χ3v) is 3.55. The Hall–Kier alpha value is -1.17. The van der Waals surface area contributed by atoms with E-state index in [0.717, 1.165) is 6.20 Å². The van der Waals surface area contributed by atoms with Crippen LogP contribution in [0.4, 0.5) is 9.18 Å². The molecule has 1 aromatic rings. The fourth-order valence-electron chi connectivity index (χ4n) is 1.43. The van der Waals surface area contributed by atoms with Gasteiger partial charge >= 0.3 is 6.09 Å². The van der Waals surface area contributed by atoms with Crippen molar-refractivity contribution in [3.8, 4) is 0 Å². The summed E-state index contributed by atoms with van der Waals surface area (Å²) in [6.07, 6.45) is 2.18. The summed E-state index contributed by atoms with van der Waals surface area (Å²) in [7, 11) is 0. The monoisotopic (exact) mass is 332 g/mol. The third kappa shape index (κ3) is 5.55. The summed E-state index contributed by atoms with van der Waals surface area (Å²) in [6, 6.07) is 1.11. The van der Waals surface area contributed by atoms with Gasteiger partial charge in [-0.05, 0) is 39.3 Å². The predicted molar refractivity (Wildman–Crippen MR) is 74.7 cm³/mol. The van der Waals surface area contributed by atoms with Crippen LogP contribution >= 0.6 is 15.9 Å². The van der Waals surface area contributed by atoms with Gasteiger partial charge in [0.2, 0.25) is 0 Å². The van der Waals surface area contributed by atoms with Gasteiger partial charge in [0.25, 0.3) is 0 Å². The molecule has 1 N–H and O–H groups in total. The van der Waals surface area contributed by atoms with Crippen molar-refractivity contribution in [1.29, 1.82) is 0 Å². The van der Waals surface area contributed by atoms with E-state index >= 15 is 0 Å². The van der Waals surface area contributed by atoms with Gasteiger partial charge in [-0.25, -0.2) is 9.18 Å². The van der Waals surface area contributed by atoms with Crippen molar-refractivity contribution in [1.82, 2.24) is 10.3 Å². The molecular weight excluding hydrogens is 315 g/mol. The standard InChI is InChI=1S/C13H18BrFN2O2/c1-8(17-12(18)19-13(2,3)4)11(14)9-5-10(15)7-16-6-9/h5-8,11H,1-4H3,(H,17,18)/t8-,11?/m1/s1. The maximum atomic E-state index is 13.1. The first-order valence-corrected chi connectivity index (χ1v) is 6.84. The first kappa shape index (κ1) is 15.9. The van der Waals surface area contributed by atoms with Crippen LogP contribution in [0.1, 0.15) is 38.1 Å². The first-order chi connectivity index (χ1) is 8.69. The van der Waals surface area contributed by atoms with Gasteiger partial charge in [-0.1, -0.05) is 15.9 Å². The number of hydrogen-bond donors (Lipinski definition) is 1. The van der Waals surface area contributed by atoms with Gasteiger partial charge in [-0.15, -0.1) is 0 Å². The number of amides is 1. The number of pyridine rings is 1. The van der Waals surface area contributed by atoms with Crippen LogP contribution in [-0.2, 0) is 4.74 Å². The van der Waals surface area contributed by atoms with E-state index in [2.05, 4.69) is 26.2 Å². The van der Waals surface area contributed by atoms with E-state index in [0.29, 0.717) is 5.56 Å². The normalized spacial score (nSPS) is 14.6. The second-order valence-corrected chi connectivity index (χ2v) is 6.26. The lowest BCUT2D eigenvalue weighted by atomic mass is 10.1. The van der Waals surface area contributed by atoms with Crippen molar-refractivity contribution in [3.63, 3.8) is 0 Å². The lowest BCUT2D eigenvalue weighted by Crippen LogP contribution is -2.39. The van der Waals surface area contributed by atoms with Gasteiger partial charge < -0.3 is 10.1 Å². The van der Waals surface area contributed by atoms with Crippen LogP contribution in [0.15, 0.2) is 18.5 Å². The Labute approximate surface area is 120 Å². The molecule has 0 aliphatic heterocycles. The highest BCUT2D eigenvalue weighted by atomic mass is 79.9. The van der Waals surface area contributed by atoms with Crippen LogP contribution in [0, 0.1) is 5.82 Å². The van der Waals surface area contributed by atoms with E-state index in [1.807, 2.05) is 0 Å². The van der Waals surface area contributed by atoms with Crippen molar-refractivity contribution < 1.29 is 13.9 Å². The molecular formula is C13H18BrFN2O2. The molecule has 19 heavy (non-hydrogen) atoms. The molecule has 0 aliphatic rings. The molecule has 0 aliphatic carbocycles. The number of ether oxygens (including phenoxy) is 1. The van der Waals surface area contributed by atoms with Gasteiger partial charge in [-0.3, -0.25) is 4.98 Å². The van der Waals surface area contributed by atoms with E-state index in [1.54, 1.807) is 33.9 Å². The minimum Gasteiger partial charge on any atom is -0.444 e. The molecule has 1 amide bonds. The lowest BCUT2D eigenvalue weighted by molar-refractivity contribution is 0.0508. The van der Waals surface area contributed by atoms with Crippen LogP contribution in [0.5, 0.6) is 0 Å². The van der Waals surface area contributed by atoms with Crippen molar-refractivity contribution in [2.45, 2.75) is 44.2 Å². The quantitative estimate of drug-likeness (QED) is 0.861. The molecule has 1 rings (SSSR count). The highest BCUT2D eigenvalue weighted by Gasteiger charge is 2.22. The average molecular weight is 333 g/mol. The number of nitrogens with zero attached hydrogens (tertiary/aromatic N) is 1. The summed E-state index contributed by atoms with van der Waals surface area (Å²) >= 11 is 3.42. The lowest BCUT2D eigenvalue weighted by Gasteiger charge is -2.24. The zero-order valence-corrected chi connectivity index (χ0v) is 13.0. The fourth-order valence-corrected chi connectivity index (χ4v) is 1.82. The number of hydrogen-bond acceptors (Lipinski definition) is 3. The van der Waals surface area contributed by atoms with E-state index in [-0.39, 0.29) is 10.9 Å². The maximum Gasteiger partial charge on any atom is 0.407 e. The summed E-state index contributed by atoms with van der Waals surface area (Å²) in [5.41, 5.74) is 0.106. The predicted octanol–water partition coefficient (Wildman–Crippen LogP) is 3.57. The van der Waals surface area contributed by atoms with Crippen LogP contribution < -0.4 is 5.32 Å². The highest BCUT2D eigenvalue weighted by molar-refractivity contribution is 9.09. The number of alkyl carbamates (subject to hydrolysis) is 1. The Morgan fingerprint density at radius 3 is 2.63 bits per heavy atom. The molecule has 0 saturated carbocycles. The average Bonchev–Trinajstić information content (AvgIpc) is 2.25. The second-order valence-electron chi connectivity index (χ2n) is 5.27. The molecule has 0 aromatic carbocycles. The number of alkyl halides is 1. The molecule has 0 fully saturated rings. The van der Waals surface area contributed by atoms with E-state index < -0.39 is 17.5 Å². The smallest absolute Gasteiger partial charge is 0.407 e. The molecule has 4 nitrogen and oxygen atoms in total. The summed E-state index contributed by atoms with van der Waals surface area (Å²) in [4.78, 5) is 15.2. The summed E-state index contributed by atoms with van der Waals surface area (Å²) in [5.74, 6) is -0.411. The van der Waals surface area contributed by atoms with Crippen molar-refractivity contribution in [2.24, 2.45) is 0 Å². The Morgan fingerprint density at radius 2 is 2.11 bits per heavy atom. The number of rotatable bonds is 3. The number of carbonyl (C=O) groups excluding carboxylic acids is 1. The van der Waals surface area contributed by atoms with Gasteiger partial charge in [0, 0.05) is 12.2 Å². The number of halogens is 2. The molecule has 106 valence electrons. The minimum absolute atomic E-state index is 0.247. The topological polar surface area (TPSA) is 51.2 Å². The van der Waals surface area contributed by atoms with Crippen LogP contribution in [0.3, 0.4) is 0 Å². The van der Waals surface area contributed by atoms with Crippen LogP contribution in [-0.4, -0.2) is 22.7 Å². The molecule has 0 radical (unpaired) electrons. The summed E-state index contributed by atoms with van der Waals surface area (Å²) < 4.78 is 18.2. The number of carbonyl (C=O) groups is 1. The Bertz CT molecular complexity index is 449. The van der Waals surface area contributed by atoms with Gasteiger partial charge in [0.05, 0.1) is 11.0 Å². The van der Waals surface area contributed by atoms with Crippen LogP contribution in [0.2, 0.25) is 0 Å². The van der Waals surface area contributed by atoms with Crippen molar-refractivity contribution >= 4 is 22.0 Å². The molecule has 2 atom stereocenters. The molecule has 1 heterocycles. The van der Waals surface area contributed by atoms with Gasteiger partial charge in [0.1, 0.15) is 11.4 Å². The van der Waals surface area contributed by atoms with E-state index in [4.69, 9.17) is 4.74 Å². The molecule has 6 heteroatoms. The number of nitrogens with one attached hydrogen (secondary N) is 1. The Kier molecular flexibility index (Phi) is 5.29. The summed E-state index contributed by atoms with van der Waals surface area (Å²) in [6.45, 7) is 7.17. The molecule has 0 bridgehead atoms. The van der Waals surface area contributed by atoms with E-state index in [1.165, 1.54) is 6.07 Å². The maximum absolute atomic E-state index is 13.1. The zero-order chi connectivity index (χ0) is 14.6. The molecule has 1 unspecified atom stereocenters. The number of aromatic nitrogens is 1. The zero-order valence-electron chi connectivity index (χ0n) is 11.4. The molecule has 1 aromatic heterocycles. The minimum atomic E-state index is -0.550. The molecule has 0 saturated heterocycles. The highest BCUT2D eigenvalue weighted by Crippen LogP contribution is 2.26. The Balaban J connectivity index is 2.63. The fraction of sp³-hybridized carbons (Fsp3) is 0.538. The molecule has 0 spiro atoms. The third-order valence-electron chi connectivity index (χ3n) is 2.23. The van der Waals surface area contributed by atoms with Crippen molar-refractivity contribution in [2.75, 3.05) is 0 Å². The summed E-state index contributed by atoms with van der Waals surface area (Å²) in [5, 5.41) is 2.70. The Morgan fingerprint density at radius 1 is 1.47 bits per heavy atom. The second kappa shape index (κ2) is 6.32. The van der Waals surface area contributed by atoms with E-state index in [9.17, 15) is 9.18 Å². The SMILES string of the molecule is C[C@@H](NC(=O)OC(C)(C)C)C(Br)c1cncc(F)c1. The van der Waals surface area contributed by atoms with Gasteiger partial charge in [0.15, 0.2) is 0 Å². The van der Waals surface area contributed by atoms with Crippen LogP contribution in [0.25, 0.3) is 0 Å². The largest absolute Gasteiger partial charge is 0.444 e.